The minimum absolute atomic E-state index is 0.299. The number of amides is 1. The summed E-state index contributed by atoms with van der Waals surface area (Å²) in [5, 5.41) is 3.25. The number of rotatable bonds is 8. The van der Waals surface area contributed by atoms with Gasteiger partial charge in [-0.25, -0.2) is 4.98 Å². The minimum Gasteiger partial charge on any atom is -0.368 e. The van der Waals surface area contributed by atoms with Crippen LogP contribution in [0.15, 0.2) is 12.4 Å². The number of imidazole rings is 1. The van der Waals surface area contributed by atoms with Crippen LogP contribution < -0.4 is 11.1 Å². The third kappa shape index (κ3) is 4.06. The van der Waals surface area contributed by atoms with E-state index in [0.717, 1.165) is 25.3 Å². The first-order valence-corrected chi connectivity index (χ1v) is 6.96. The van der Waals surface area contributed by atoms with Gasteiger partial charge in [0.15, 0.2) is 0 Å². The monoisotopic (exact) mass is 266 g/mol. The highest BCUT2D eigenvalue weighted by molar-refractivity contribution is 5.84. The van der Waals surface area contributed by atoms with Crippen molar-refractivity contribution in [3.05, 3.63) is 18.2 Å². The Labute approximate surface area is 115 Å². The Bertz CT molecular complexity index is 413. The van der Waals surface area contributed by atoms with Gasteiger partial charge in [-0.05, 0) is 26.3 Å². The molecule has 5 nitrogen and oxygen atoms in total. The predicted octanol–water partition coefficient (Wildman–Crippen LogP) is 1.64. The van der Waals surface area contributed by atoms with Crippen molar-refractivity contribution in [1.82, 2.24) is 14.9 Å². The summed E-state index contributed by atoms with van der Waals surface area (Å²) in [6.45, 7) is 9.70. The molecule has 19 heavy (non-hydrogen) atoms. The second-order valence-corrected chi connectivity index (χ2v) is 5.51. The Morgan fingerprint density at radius 3 is 2.79 bits per heavy atom. The van der Waals surface area contributed by atoms with Crippen molar-refractivity contribution >= 4 is 5.91 Å². The Balaban J connectivity index is 2.71. The Kier molecular flexibility index (Phi) is 5.54. The van der Waals surface area contributed by atoms with Crippen molar-refractivity contribution in [2.45, 2.75) is 58.5 Å². The van der Waals surface area contributed by atoms with Gasteiger partial charge in [-0.15, -0.1) is 0 Å². The molecule has 1 rings (SSSR count). The third-order valence-corrected chi connectivity index (χ3v) is 3.43. The minimum atomic E-state index is -0.658. The van der Waals surface area contributed by atoms with Crippen molar-refractivity contribution in [3.63, 3.8) is 0 Å². The molecule has 1 heterocycles. The molecular weight excluding hydrogens is 240 g/mol. The van der Waals surface area contributed by atoms with Gasteiger partial charge in [-0.2, -0.15) is 0 Å². The van der Waals surface area contributed by atoms with Crippen LogP contribution in [0.25, 0.3) is 0 Å². The number of nitrogens with two attached hydrogens (primary N) is 1. The zero-order valence-electron chi connectivity index (χ0n) is 12.4. The molecule has 3 N–H and O–H groups in total. The molecule has 0 aliphatic carbocycles. The van der Waals surface area contributed by atoms with Crippen LogP contribution >= 0.6 is 0 Å². The summed E-state index contributed by atoms with van der Waals surface area (Å²) < 4.78 is 2.10. The number of nitrogens with zero attached hydrogens (tertiary/aromatic N) is 2. The third-order valence-electron chi connectivity index (χ3n) is 3.43. The maximum absolute atomic E-state index is 11.6. The average molecular weight is 266 g/mol. The number of hydrogen-bond donors (Lipinski definition) is 2. The van der Waals surface area contributed by atoms with E-state index in [1.807, 2.05) is 13.1 Å². The van der Waals surface area contributed by atoms with E-state index < -0.39 is 5.54 Å². The summed E-state index contributed by atoms with van der Waals surface area (Å²) in [4.78, 5) is 16.0. The molecule has 0 aromatic carbocycles. The molecule has 0 saturated carbocycles. The molecule has 1 aromatic heterocycles. The van der Waals surface area contributed by atoms with Crippen LogP contribution in [-0.2, 0) is 11.3 Å². The van der Waals surface area contributed by atoms with Crippen LogP contribution in [0, 0.1) is 0 Å². The van der Waals surface area contributed by atoms with Gasteiger partial charge in [-0.1, -0.05) is 20.8 Å². The Morgan fingerprint density at radius 2 is 2.26 bits per heavy atom. The van der Waals surface area contributed by atoms with E-state index in [2.05, 4.69) is 35.6 Å². The number of nitrogens with one attached hydrogen (secondary N) is 1. The van der Waals surface area contributed by atoms with Gasteiger partial charge in [0, 0.05) is 24.9 Å². The largest absolute Gasteiger partial charge is 0.368 e. The second kappa shape index (κ2) is 6.70. The maximum atomic E-state index is 11.6. The van der Waals surface area contributed by atoms with Gasteiger partial charge in [0.05, 0.1) is 5.54 Å². The van der Waals surface area contributed by atoms with Crippen LogP contribution in [0.1, 0.15) is 52.3 Å². The number of carbonyl (C=O) groups excluding carboxylic acids is 1. The van der Waals surface area contributed by atoms with Crippen molar-refractivity contribution in [2.24, 2.45) is 5.73 Å². The molecule has 0 aliphatic rings. The van der Waals surface area contributed by atoms with E-state index in [9.17, 15) is 4.79 Å². The van der Waals surface area contributed by atoms with Crippen molar-refractivity contribution in [1.29, 1.82) is 0 Å². The lowest BCUT2D eigenvalue weighted by Gasteiger charge is -2.28. The summed E-state index contributed by atoms with van der Waals surface area (Å²) in [6, 6.07) is 0. The van der Waals surface area contributed by atoms with Crippen LogP contribution in [0.4, 0.5) is 0 Å². The van der Waals surface area contributed by atoms with Gasteiger partial charge in [0.1, 0.15) is 5.82 Å². The predicted molar refractivity (Wildman–Crippen MR) is 76.8 cm³/mol. The molecule has 0 aliphatic heterocycles. The summed E-state index contributed by atoms with van der Waals surface area (Å²) in [6.07, 6.45) is 5.40. The first kappa shape index (κ1) is 15.7. The van der Waals surface area contributed by atoms with Gasteiger partial charge in [0.2, 0.25) is 5.91 Å². The summed E-state index contributed by atoms with van der Waals surface area (Å²) in [7, 11) is 0. The lowest BCUT2D eigenvalue weighted by atomic mass is 9.96. The highest BCUT2D eigenvalue weighted by Crippen LogP contribution is 2.16. The average Bonchev–Trinajstić information content (AvgIpc) is 2.82. The number of carbonyl (C=O) groups is 1. The number of primary amides is 1. The molecule has 1 atom stereocenters. The zero-order chi connectivity index (χ0) is 14.5. The van der Waals surface area contributed by atoms with Crippen LogP contribution in [0.2, 0.25) is 0 Å². The van der Waals surface area contributed by atoms with Crippen molar-refractivity contribution in [2.75, 3.05) is 6.54 Å². The molecular formula is C14H26N4O. The second-order valence-electron chi connectivity index (χ2n) is 5.51. The molecule has 1 unspecified atom stereocenters. The molecule has 1 amide bonds. The van der Waals surface area contributed by atoms with Crippen molar-refractivity contribution in [3.8, 4) is 0 Å². The molecule has 0 saturated heterocycles. The standard InChI is InChI=1S/C14H26N4O/c1-5-7-17-14(4,13(15)19)6-9-18-10-8-16-12(18)11(2)3/h8,10-11,17H,5-7,9H2,1-4H3,(H2,15,19). The highest BCUT2D eigenvalue weighted by Gasteiger charge is 2.30. The molecule has 0 radical (unpaired) electrons. The number of aryl methyl sites for hydroxylation is 1. The van der Waals surface area contributed by atoms with Gasteiger partial charge >= 0.3 is 0 Å². The summed E-state index contributed by atoms with van der Waals surface area (Å²) in [5.41, 5.74) is 4.86. The maximum Gasteiger partial charge on any atom is 0.237 e. The van der Waals surface area contributed by atoms with E-state index in [1.165, 1.54) is 0 Å². The van der Waals surface area contributed by atoms with E-state index in [0.29, 0.717) is 12.3 Å². The normalized spacial score (nSPS) is 14.6. The topological polar surface area (TPSA) is 72.9 Å². The molecule has 108 valence electrons. The first-order valence-electron chi connectivity index (χ1n) is 6.96. The quantitative estimate of drug-likeness (QED) is 0.751. The lowest BCUT2D eigenvalue weighted by molar-refractivity contribution is -0.124. The fourth-order valence-electron chi connectivity index (χ4n) is 2.05. The zero-order valence-corrected chi connectivity index (χ0v) is 12.4. The van der Waals surface area contributed by atoms with E-state index in [-0.39, 0.29) is 5.91 Å². The van der Waals surface area contributed by atoms with Crippen molar-refractivity contribution < 1.29 is 4.79 Å². The van der Waals surface area contributed by atoms with Gasteiger partial charge in [-0.3, -0.25) is 4.79 Å². The first-order chi connectivity index (χ1) is 8.90. The van der Waals surface area contributed by atoms with E-state index in [1.54, 1.807) is 6.20 Å². The molecule has 0 spiro atoms. The Hall–Kier alpha value is -1.36. The molecule has 1 aromatic rings. The smallest absolute Gasteiger partial charge is 0.237 e. The number of aromatic nitrogens is 2. The van der Waals surface area contributed by atoms with Crippen LogP contribution in [0.3, 0.4) is 0 Å². The van der Waals surface area contributed by atoms with Gasteiger partial charge < -0.3 is 15.6 Å². The summed E-state index contributed by atoms with van der Waals surface area (Å²) >= 11 is 0. The Morgan fingerprint density at radius 1 is 1.58 bits per heavy atom. The number of hydrogen-bond acceptors (Lipinski definition) is 3. The highest BCUT2D eigenvalue weighted by atomic mass is 16.1. The van der Waals surface area contributed by atoms with E-state index in [4.69, 9.17) is 5.73 Å². The van der Waals surface area contributed by atoms with Crippen LogP contribution in [0.5, 0.6) is 0 Å². The fourth-order valence-corrected chi connectivity index (χ4v) is 2.05. The van der Waals surface area contributed by atoms with Crippen LogP contribution in [-0.4, -0.2) is 27.5 Å². The molecule has 5 heteroatoms. The molecule has 0 bridgehead atoms. The SMILES string of the molecule is CCCNC(C)(CCn1ccnc1C(C)C)C(N)=O. The van der Waals surface area contributed by atoms with Gasteiger partial charge in [0.25, 0.3) is 0 Å². The fraction of sp³-hybridized carbons (Fsp3) is 0.714. The van der Waals surface area contributed by atoms with E-state index >= 15 is 0 Å². The summed E-state index contributed by atoms with van der Waals surface area (Å²) in [5.74, 6) is 1.12. The molecule has 0 fully saturated rings. The lowest BCUT2D eigenvalue weighted by Crippen LogP contribution is -2.53.